The van der Waals surface area contributed by atoms with Crippen molar-refractivity contribution in [3.8, 4) is 11.8 Å². The van der Waals surface area contributed by atoms with Gasteiger partial charge in [0.25, 0.3) is 0 Å². The Labute approximate surface area is 110 Å². The highest BCUT2D eigenvalue weighted by atomic mass is 16.3. The Morgan fingerprint density at radius 2 is 1.83 bits per heavy atom. The molecule has 98 valence electrons. The topological polar surface area (TPSA) is 46.2 Å². The molecule has 2 nitrogen and oxygen atoms in total. The van der Waals surface area contributed by atoms with E-state index in [4.69, 9.17) is 5.73 Å². The van der Waals surface area contributed by atoms with E-state index in [1.54, 1.807) is 13.8 Å². The van der Waals surface area contributed by atoms with E-state index in [9.17, 15) is 5.11 Å². The molecule has 0 fully saturated rings. The van der Waals surface area contributed by atoms with E-state index >= 15 is 0 Å². The molecular formula is C16H23NO. The van der Waals surface area contributed by atoms with Crippen molar-refractivity contribution in [3.05, 3.63) is 29.3 Å². The van der Waals surface area contributed by atoms with Crippen molar-refractivity contribution in [2.75, 3.05) is 5.73 Å². The van der Waals surface area contributed by atoms with Gasteiger partial charge in [-0.1, -0.05) is 32.6 Å². The molecule has 0 bridgehead atoms. The molecule has 1 atom stereocenters. The highest BCUT2D eigenvalue weighted by Gasteiger charge is 2.13. The maximum atomic E-state index is 9.60. The molecule has 0 amide bonds. The van der Waals surface area contributed by atoms with E-state index < -0.39 is 5.60 Å². The second-order valence-corrected chi connectivity index (χ2v) is 5.69. The molecule has 0 saturated heterocycles. The fourth-order valence-electron chi connectivity index (χ4n) is 1.63. The Hall–Kier alpha value is -1.46. The predicted octanol–water partition coefficient (Wildman–Crippen LogP) is 3.15. The van der Waals surface area contributed by atoms with Gasteiger partial charge in [0.05, 0.1) is 0 Å². The maximum absolute atomic E-state index is 9.60. The summed E-state index contributed by atoms with van der Waals surface area (Å²) in [5, 5.41) is 9.60. The van der Waals surface area contributed by atoms with Crippen molar-refractivity contribution in [2.45, 2.75) is 46.1 Å². The van der Waals surface area contributed by atoms with Crippen LogP contribution in [0, 0.1) is 17.8 Å². The van der Waals surface area contributed by atoms with Crippen LogP contribution in [0.5, 0.6) is 0 Å². The number of nitrogens with two attached hydrogens (primary N) is 1. The molecule has 1 unspecified atom stereocenters. The molecule has 0 aliphatic heterocycles. The van der Waals surface area contributed by atoms with Crippen molar-refractivity contribution in [1.82, 2.24) is 0 Å². The summed E-state index contributed by atoms with van der Waals surface area (Å²) in [4.78, 5) is 0. The van der Waals surface area contributed by atoms with E-state index in [0.29, 0.717) is 11.8 Å². The number of hydrogen-bond donors (Lipinski definition) is 2. The minimum Gasteiger partial charge on any atom is -0.398 e. The van der Waals surface area contributed by atoms with Crippen molar-refractivity contribution < 1.29 is 5.11 Å². The van der Waals surface area contributed by atoms with Gasteiger partial charge in [0, 0.05) is 11.3 Å². The van der Waals surface area contributed by atoms with Crippen LogP contribution in [0.4, 0.5) is 5.69 Å². The lowest BCUT2D eigenvalue weighted by Crippen LogP contribution is -2.14. The highest BCUT2D eigenvalue weighted by molar-refractivity contribution is 5.54. The van der Waals surface area contributed by atoms with Gasteiger partial charge >= 0.3 is 0 Å². The summed E-state index contributed by atoms with van der Waals surface area (Å²) in [5.74, 6) is 6.74. The number of rotatable bonds is 2. The Bertz CT molecular complexity index is 472. The largest absolute Gasteiger partial charge is 0.398 e. The fraction of sp³-hybridized carbons (Fsp3) is 0.500. The van der Waals surface area contributed by atoms with Crippen molar-refractivity contribution in [3.63, 3.8) is 0 Å². The van der Waals surface area contributed by atoms with E-state index in [2.05, 4.69) is 32.6 Å². The molecule has 1 rings (SSSR count). The zero-order valence-electron chi connectivity index (χ0n) is 11.9. The Balaban J connectivity index is 3.11. The Morgan fingerprint density at radius 3 is 2.33 bits per heavy atom. The number of nitrogen functional groups attached to an aromatic ring is 1. The summed E-state index contributed by atoms with van der Waals surface area (Å²) < 4.78 is 0. The number of aliphatic hydroxyl groups is 1. The fourth-order valence-corrected chi connectivity index (χ4v) is 1.63. The lowest BCUT2D eigenvalue weighted by molar-refractivity contribution is 0.143. The molecule has 0 radical (unpaired) electrons. The molecule has 1 aromatic rings. The third-order valence-corrected chi connectivity index (χ3v) is 3.09. The van der Waals surface area contributed by atoms with Crippen LogP contribution in [0.25, 0.3) is 0 Å². The van der Waals surface area contributed by atoms with Crippen LogP contribution in [-0.2, 0) is 0 Å². The predicted molar refractivity (Wildman–Crippen MR) is 77.3 cm³/mol. The SMILES string of the molecule is CC(C)C(C)c1cc(C#CC(C)(C)O)ccc1N. The first-order chi connectivity index (χ1) is 8.20. The van der Waals surface area contributed by atoms with Crippen LogP contribution < -0.4 is 5.73 Å². The molecule has 18 heavy (non-hydrogen) atoms. The van der Waals surface area contributed by atoms with E-state index in [1.165, 1.54) is 0 Å². The number of anilines is 1. The van der Waals surface area contributed by atoms with Gasteiger partial charge in [0.2, 0.25) is 0 Å². The molecular weight excluding hydrogens is 222 g/mol. The van der Waals surface area contributed by atoms with Crippen LogP contribution in [0.15, 0.2) is 18.2 Å². The second-order valence-electron chi connectivity index (χ2n) is 5.69. The standard InChI is InChI=1S/C16H23NO/c1-11(2)12(3)14-10-13(6-7-15(14)17)8-9-16(4,5)18/h6-7,10-12,18H,17H2,1-5H3. The first-order valence-electron chi connectivity index (χ1n) is 6.35. The molecule has 0 heterocycles. The molecule has 1 aromatic carbocycles. The third-order valence-electron chi connectivity index (χ3n) is 3.09. The van der Waals surface area contributed by atoms with Crippen LogP contribution in [0.3, 0.4) is 0 Å². The molecule has 0 aliphatic carbocycles. The molecule has 0 saturated carbocycles. The minimum atomic E-state index is -0.967. The third kappa shape index (κ3) is 4.09. The van der Waals surface area contributed by atoms with Crippen LogP contribution >= 0.6 is 0 Å². The van der Waals surface area contributed by atoms with Gasteiger partial charge in [-0.3, -0.25) is 0 Å². The summed E-state index contributed by atoms with van der Waals surface area (Å²) in [6.45, 7) is 9.88. The monoisotopic (exact) mass is 245 g/mol. The van der Waals surface area contributed by atoms with E-state index in [1.807, 2.05) is 18.2 Å². The summed E-state index contributed by atoms with van der Waals surface area (Å²) in [6.07, 6.45) is 0. The summed E-state index contributed by atoms with van der Waals surface area (Å²) in [5.41, 5.74) is 7.88. The van der Waals surface area contributed by atoms with Crippen molar-refractivity contribution >= 4 is 5.69 Å². The summed E-state index contributed by atoms with van der Waals surface area (Å²) in [7, 11) is 0. The van der Waals surface area contributed by atoms with Crippen molar-refractivity contribution in [2.24, 2.45) is 5.92 Å². The van der Waals surface area contributed by atoms with Gasteiger partial charge in [0.1, 0.15) is 5.60 Å². The second kappa shape index (κ2) is 5.46. The van der Waals surface area contributed by atoms with Crippen LogP contribution in [0.2, 0.25) is 0 Å². The van der Waals surface area contributed by atoms with Gasteiger partial charge in [-0.2, -0.15) is 0 Å². The van der Waals surface area contributed by atoms with Crippen LogP contribution in [-0.4, -0.2) is 10.7 Å². The smallest absolute Gasteiger partial charge is 0.120 e. The Morgan fingerprint density at radius 1 is 1.22 bits per heavy atom. The molecule has 2 heteroatoms. The average Bonchev–Trinajstić information content (AvgIpc) is 2.25. The zero-order valence-corrected chi connectivity index (χ0v) is 11.9. The van der Waals surface area contributed by atoms with Gasteiger partial charge in [-0.05, 0) is 49.4 Å². The zero-order chi connectivity index (χ0) is 13.9. The van der Waals surface area contributed by atoms with Gasteiger partial charge in [0.15, 0.2) is 0 Å². The summed E-state index contributed by atoms with van der Waals surface area (Å²) >= 11 is 0. The van der Waals surface area contributed by atoms with Gasteiger partial charge < -0.3 is 10.8 Å². The quantitative estimate of drug-likeness (QED) is 0.621. The van der Waals surface area contributed by atoms with Gasteiger partial charge in [-0.15, -0.1) is 0 Å². The maximum Gasteiger partial charge on any atom is 0.120 e. The normalized spacial score (nSPS) is 13.1. The van der Waals surface area contributed by atoms with E-state index in [0.717, 1.165) is 16.8 Å². The first kappa shape index (κ1) is 14.6. The average molecular weight is 245 g/mol. The molecule has 0 aliphatic rings. The van der Waals surface area contributed by atoms with Gasteiger partial charge in [-0.25, -0.2) is 0 Å². The lowest BCUT2D eigenvalue weighted by Gasteiger charge is -2.18. The summed E-state index contributed by atoms with van der Waals surface area (Å²) in [6, 6.07) is 5.81. The molecule has 3 N–H and O–H groups in total. The first-order valence-corrected chi connectivity index (χ1v) is 6.35. The lowest BCUT2D eigenvalue weighted by atomic mass is 9.88. The Kier molecular flexibility index (Phi) is 4.43. The minimum absolute atomic E-state index is 0.397. The number of hydrogen-bond acceptors (Lipinski definition) is 2. The van der Waals surface area contributed by atoms with E-state index in [-0.39, 0.29) is 0 Å². The number of benzene rings is 1. The van der Waals surface area contributed by atoms with Crippen molar-refractivity contribution in [1.29, 1.82) is 0 Å². The van der Waals surface area contributed by atoms with Crippen LogP contribution in [0.1, 0.15) is 51.7 Å². The molecule has 0 aromatic heterocycles. The molecule has 0 spiro atoms. The highest BCUT2D eigenvalue weighted by Crippen LogP contribution is 2.29.